The summed E-state index contributed by atoms with van der Waals surface area (Å²) in [6, 6.07) is 1.55. The molecule has 0 aliphatic heterocycles. The third-order valence-corrected chi connectivity index (χ3v) is 1.71. The third kappa shape index (κ3) is 3.25. The monoisotopic (exact) mass is 228 g/mol. The van der Waals surface area contributed by atoms with Gasteiger partial charge in [-0.3, -0.25) is 4.68 Å². The first kappa shape index (κ1) is 13.5. The van der Waals surface area contributed by atoms with Gasteiger partial charge in [-0.2, -0.15) is 5.10 Å². The highest BCUT2D eigenvalue weighted by molar-refractivity contribution is 5.86. The van der Waals surface area contributed by atoms with Gasteiger partial charge >= 0.3 is 5.97 Å². The molecule has 0 unspecified atom stereocenters. The molecule has 1 aromatic heterocycles. The number of halogens is 1. The molecule has 0 aliphatic rings. The quantitative estimate of drug-likeness (QED) is 0.784. The summed E-state index contributed by atoms with van der Waals surface area (Å²) in [6.45, 7) is 7.51. The molecule has 1 N–H and O–H groups in total. The summed E-state index contributed by atoms with van der Waals surface area (Å²) < 4.78 is 1.41. The highest BCUT2D eigenvalue weighted by Crippen LogP contribution is 2.06. The Morgan fingerprint density at radius 3 is 2.67 bits per heavy atom. The highest BCUT2D eigenvalue weighted by Gasteiger charge is 2.12. The molecule has 0 bridgehead atoms. The van der Waals surface area contributed by atoms with Gasteiger partial charge in [0.15, 0.2) is 0 Å². The van der Waals surface area contributed by atoms with Crippen molar-refractivity contribution in [2.75, 3.05) is 0 Å². The minimum Gasteiger partial charge on any atom is -0.477 e. The second-order valence-corrected chi connectivity index (χ2v) is 2.79. The summed E-state index contributed by atoms with van der Waals surface area (Å²) in [4.78, 5) is 10.8. The predicted molar refractivity (Wildman–Crippen MR) is 60.5 cm³/mol. The Bertz CT molecular complexity index is 371. The number of aromatic carboxylic acids is 1. The van der Waals surface area contributed by atoms with Crippen molar-refractivity contribution in [3.8, 4) is 0 Å². The van der Waals surface area contributed by atoms with Crippen LogP contribution in [-0.4, -0.2) is 20.9 Å². The molecule has 0 atom stereocenters. The van der Waals surface area contributed by atoms with Crippen LogP contribution < -0.4 is 0 Å². The van der Waals surface area contributed by atoms with Gasteiger partial charge in [-0.15, -0.1) is 25.6 Å². The van der Waals surface area contributed by atoms with E-state index in [2.05, 4.69) is 18.3 Å². The zero-order valence-corrected chi connectivity index (χ0v) is 9.04. The number of hydrogen-bond donors (Lipinski definition) is 1. The van der Waals surface area contributed by atoms with E-state index in [1.54, 1.807) is 18.2 Å². The normalized spacial score (nSPS) is 9.07. The minimum atomic E-state index is -0.977. The van der Waals surface area contributed by atoms with Crippen LogP contribution in [0.3, 0.4) is 0 Å². The van der Waals surface area contributed by atoms with Crippen molar-refractivity contribution in [2.45, 2.75) is 13.0 Å². The summed E-state index contributed by atoms with van der Waals surface area (Å²) >= 11 is 0. The molecule has 0 aliphatic carbocycles. The molecule has 0 radical (unpaired) electrons. The molecule has 4 nitrogen and oxygen atoms in total. The SMILES string of the molecule is C=CCc1cc(C(=O)O)n(CC=C)n1.Cl. The number of nitrogens with zero attached hydrogens (tertiary/aromatic N) is 2. The van der Waals surface area contributed by atoms with E-state index < -0.39 is 5.97 Å². The fourth-order valence-electron chi connectivity index (χ4n) is 1.15. The van der Waals surface area contributed by atoms with Crippen molar-refractivity contribution in [1.82, 2.24) is 9.78 Å². The fraction of sp³-hybridized carbons (Fsp3) is 0.200. The average molecular weight is 229 g/mol. The van der Waals surface area contributed by atoms with Gasteiger partial charge in [0.1, 0.15) is 5.69 Å². The zero-order chi connectivity index (χ0) is 10.6. The summed E-state index contributed by atoms with van der Waals surface area (Å²) in [5.41, 5.74) is 0.890. The number of carboxylic acid groups (broad SMARTS) is 1. The summed E-state index contributed by atoms with van der Waals surface area (Å²) in [5.74, 6) is -0.977. The van der Waals surface area contributed by atoms with Crippen LogP contribution in [0.15, 0.2) is 31.4 Å². The maximum atomic E-state index is 10.8. The zero-order valence-electron chi connectivity index (χ0n) is 8.22. The number of allylic oxidation sites excluding steroid dienone is 2. The van der Waals surface area contributed by atoms with E-state index in [9.17, 15) is 4.79 Å². The number of aromatic nitrogens is 2. The highest BCUT2D eigenvalue weighted by atomic mass is 35.5. The van der Waals surface area contributed by atoms with Gasteiger partial charge in [0.25, 0.3) is 0 Å². The largest absolute Gasteiger partial charge is 0.477 e. The molecule has 0 aromatic carbocycles. The number of carboxylic acids is 1. The second kappa shape index (κ2) is 6.03. The molecular formula is C10H13ClN2O2. The van der Waals surface area contributed by atoms with Crippen LogP contribution >= 0.6 is 12.4 Å². The smallest absolute Gasteiger partial charge is 0.354 e. The van der Waals surface area contributed by atoms with E-state index in [-0.39, 0.29) is 18.1 Å². The maximum absolute atomic E-state index is 10.8. The molecule has 82 valence electrons. The average Bonchev–Trinajstić information content (AvgIpc) is 2.49. The van der Waals surface area contributed by atoms with Crippen molar-refractivity contribution in [3.63, 3.8) is 0 Å². The number of hydrogen-bond acceptors (Lipinski definition) is 2. The molecule has 0 saturated carbocycles. The van der Waals surface area contributed by atoms with E-state index >= 15 is 0 Å². The van der Waals surface area contributed by atoms with Gasteiger partial charge in [-0.1, -0.05) is 12.2 Å². The molecular weight excluding hydrogens is 216 g/mol. The molecule has 1 heterocycles. The number of carbonyl (C=O) groups is 1. The summed E-state index contributed by atoms with van der Waals surface area (Å²) in [7, 11) is 0. The van der Waals surface area contributed by atoms with Crippen molar-refractivity contribution in [2.24, 2.45) is 0 Å². The molecule has 0 fully saturated rings. The Morgan fingerprint density at radius 1 is 1.53 bits per heavy atom. The van der Waals surface area contributed by atoms with Crippen LogP contribution in [0.2, 0.25) is 0 Å². The van der Waals surface area contributed by atoms with Crippen LogP contribution in [0.4, 0.5) is 0 Å². The first-order valence-corrected chi connectivity index (χ1v) is 4.21. The van der Waals surface area contributed by atoms with Gasteiger partial charge in [0.05, 0.1) is 12.2 Å². The maximum Gasteiger partial charge on any atom is 0.354 e. The lowest BCUT2D eigenvalue weighted by Crippen LogP contribution is -2.08. The predicted octanol–water partition coefficient (Wildman–Crippen LogP) is 1.92. The van der Waals surface area contributed by atoms with Crippen molar-refractivity contribution in [3.05, 3.63) is 42.8 Å². The molecule has 0 spiro atoms. The third-order valence-electron chi connectivity index (χ3n) is 1.71. The van der Waals surface area contributed by atoms with Crippen LogP contribution in [0.25, 0.3) is 0 Å². The second-order valence-electron chi connectivity index (χ2n) is 2.79. The van der Waals surface area contributed by atoms with E-state index in [4.69, 9.17) is 5.11 Å². The van der Waals surface area contributed by atoms with Gasteiger partial charge in [0, 0.05) is 6.42 Å². The lowest BCUT2D eigenvalue weighted by atomic mass is 10.3. The van der Waals surface area contributed by atoms with E-state index in [1.807, 2.05) is 0 Å². The molecule has 0 amide bonds. The molecule has 5 heteroatoms. The number of rotatable bonds is 5. The van der Waals surface area contributed by atoms with E-state index in [0.717, 1.165) is 0 Å². The Morgan fingerprint density at radius 2 is 2.20 bits per heavy atom. The van der Waals surface area contributed by atoms with Crippen molar-refractivity contribution < 1.29 is 9.90 Å². The Kier molecular flexibility index (Phi) is 5.41. The topological polar surface area (TPSA) is 55.1 Å². The van der Waals surface area contributed by atoms with Gasteiger partial charge in [-0.25, -0.2) is 4.79 Å². The van der Waals surface area contributed by atoms with Crippen LogP contribution in [0.1, 0.15) is 16.2 Å². The minimum absolute atomic E-state index is 0. The summed E-state index contributed by atoms with van der Waals surface area (Å²) in [5, 5.41) is 13.0. The van der Waals surface area contributed by atoms with Gasteiger partial charge in [0.2, 0.25) is 0 Å². The van der Waals surface area contributed by atoms with E-state index in [0.29, 0.717) is 18.7 Å². The molecule has 0 saturated heterocycles. The Balaban J connectivity index is 0.00000196. The lowest BCUT2D eigenvalue weighted by molar-refractivity contribution is 0.0684. The van der Waals surface area contributed by atoms with Gasteiger partial charge in [-0.05, 0) is 6.07 Å². The van der Waals surface area contributed by atoms with Crippen molar-refractivity contribution in [1.29, 1.82) is 0 Å². The van der Waals surface area contributed by atoms with Crippen molar-refractivity contribution >= 4 is 18.4 Å². The van der Waals surface area contributed by atoms with Crippen LogP contribution in [0, 0.1) is 0 Å². The van der Waals surface area contributed by atoms with Crippen LogP contribution in [-0.2, 0) is 13.0 Å². The first-order chi connectivity index (χ1) is 6.69. The molecule has 1 rings (SSSR count). The van der Waals surface area contributed by atoms with Crippen LogP contribution in [0.5, 0.6) is 0 Å². The molecule has 15 heavy (non-hydrogen) atoms. The van der Waals surface area contributed by atoms with E-state index in [1.165, 1.54) is 4.68 Å². The van der Waals surface area contributed by atoms with Gasteiger partial charge < -0.3 is 5.11 Å². The first-order valence-electron chi connectivity index (χ1n) is 4.21. The molecule has 1 aromatic rings. The Labute approximate surface area is 94.3 Å². The Hall–Kier alpha value is -1.55. The lowest BCUT2D eigenvalue weighted by Gasteiger charge is -1.98. The summed E-state index contributed by atoms with van der Waals surface area (Å²) in [6.07, 6.45) is 3.87. The standard InChI is InChI=1S/C10H12N2O2.ClH/c1-3-5-8-7-9(10(13)14)12(11-8)6-4-2;/h3-4,7H,1-2,5-6H2,(H,13,14);1H. The fourth-order valence-corrected chi connectivity index (χ4v) is 1.15.